The molecule has 0 spiro atoms. The van der Waals surface area contributed by atoms with Gasteiger partial charge in [0, 0.05) is 60.4 Å². The monoisotopic (exact) mass is 840 g/mol. The molecule has 0 saturated carbocycles. The Balaban J connectivity index is 0.000000234. The number of Topliss-reactive ketones (excluding diaryl/α,β-unsaturated/α-hetero) is 2. The van der Waals surface area contributed by atoms with Crippen molar-refractivity contribution in [3.8, 4) is 22.5 Å². The Morgan fingerprint density at radius 1 is 0.548 bits per heavy atom. The second-order valence-electron chi connectivity index (χ2n) is 14.3. The first-order valence-electron chi connectivity index (χ1n) is 21.1. The van der Waals surface area contributed by atoms with Gasteiger partial charge >= 0.3 is 11.9 Å². The third-order valence-corrected chi connectivity index (χ3v) is 9.93. The molecule has 0 bridgehead atoms. The lowest BCUT2D eigenvalue weighted by molar-refractivity contribution is -0.143. The second kappa shape index (κ2) is 24.6. The number of carbonyl (C=O) groups is 4. The lowest BCUT2D eigenvalue weighted by Crippen LogP contribution is -2.42. The van der Waals surface area contributed by atoms with E-state index in [-0.39, 0.29) is 49.4 Å². The minimum atomic E-state index is -0.503. The van der Waals surface area contributed by atoms with E-state index in [2.05, 4.69) is 30.8 Å². The zero-order valence-electron chi connectivity index (χ0n) is 35.9. The van der Waals surface area contributed by atoms with E-state index in [1.165, 1.54) is 0 Å². The van der Waals surface area contributed by atoms with Gasteiger partial charge in [0.25, 0.3) is 0 Å². The number of esters is 2. The number of nitrogens with one attached hydrogen (secondary N) is 2. The number of benzene rings is 2. The third-order valence-electron chi connectivity index (χ3n) is 9.93. The van der Waals surface area contributed by atoms with Gasteiger partial charge in [-0.05, 0) is 88.1 Å². The molecule has 0 radical (unpaired) electrons. The van der Waals surface area contributed by atoms with Gasteiger partial charge in [0.05, 0.1) is 62.6 Å². The van der Waals surface area contributed by atoms with Crippen molar-refractivity contribution in [2.45, 2.75) is 78.6 Å². The number of ether oxygens (including phenoxy) is 2. The number of nitrogens with zero attached hydrogens (tertiary/aromatic N) is 6. The topological polar surface area (TPSA) is 172 Å². The maximum Gasteiger partial charge on any atom is 0.319 e. The van der Waals surface area contributed by atoms with Gasteiger partial charge in [0.2, 0.25) is 0 Å². The van der Waals surface area contributed by atoms with Crippen LogP contribution in [0, 0.1) is 0 Å². The summed E-state index contributed by atoms with van der Waals surface area (Å²) in [7, 11) is 0. The molecule has 2 N–H and O–H groups in total. The maximum atomic E-state index is 13.2. The zero-order valence-corrected chi connectivity index (χ0v) is 35.9. The van der Waals surface area contributed by atoms with Crippen LogP contribution in [-0.2, 0) is 67.4 Å². The molecule has 6 aromatic rings. The quantitative estimate of drug-likeness (QED) is 0.0803. The van der Waals surface area contributed by atoms with Gasteiger partial charge in [-0.1, -0.05) is 60.7 Å². The van der Waals surface area contributed by atoms with E-state index < -0.39 is 12.1 Å². The van der Waals surface area contributed by atoms with E-state index in [0.29, 0.717) is 39.1 Å². The van der Waals surface area contributed by atoms with Gasteiger partial charge in [0.1, 0.15) is 0 Å². The molecule has 2 atom stereocenters. The van der Waals surface area contributed by atoms with Crippen LogP contribution in [0.25, 0.3) is 22.5 Å². The molecule has 0 saturated heterocycles. The molecular weight excluding hydrogens is 785 g/mol. The van der Waals surface area contributed by atoms with E-state index in [1.54, 1.807) is 38.6 Å². The molecular formula is C48H56N8O6. The summed E-state index contributed by atoms with van der Waals surface area (Å²) in [6.07, 6.45) is 8.33. The predicted octanol–water partition coefficient (Wildman–Crippen LogP) is 5.68. The molecule has 324 valence electrons. The van der Waals surface area contributed by atoms with Gasteiger partial charge in [-0.15, -0.1) is 0 Å². The van der Waals surface area contributed by atoms with Crippen LogP contribution in [0.2, 0.25) is 0 Å². The second-order valence-corrected chi connectivity index (χ2v) is 14.3. The molecule has 0 unspecified atom stereocenters. The summed E-state index contributed by atoms with van der Waals surface area (Å²) in [4.78, 5) is 58.2. The van der Waals surface area contributed by atoms with E-state index in [1.807, 2.05) is 120 Å². The van der Waals surface area contributed by atoms with Gasteiger partial charge in [-0.2, -0.15) is 10.2 Å². The summed E-state index contributed by atoms with van der Waals surface area (Å²) < 4.78 is 13.7. The number of hydrogen-bond acceptors (Lipinski definition) is 12. The fraction of sp³-hybridized carbons (Fsp3) is 0.333. The number of pyridine rings is 2. The highest BCUT2D eigenvalue weighted by atomic mass is 16.5. The molecule has 0 aliphatic rings. The molecule has 14 nitrogen and oxygen atoms in total. The smallest absolute Gasteiger partial charge is 0.319 e. The van der Waals surface area contributed by atoms with Gasteiger partial charge in [0.15, 0.2) is 11.6 Å². The average molecular weight is 841 g/mol. The number of hydrogen-bond donors (Lipinski definition) is 2. The lowest BCUT2D eigenvalue weighted by atomic mass is 9.99. The van der Waals surface area contributed by atoms with Gasteiger partial charge in [-0.3, -0.25) is 49.1 Å². The van der Waals surface area contributed by atoms with E-state index in [9.17, 15) is 19.2 Å². The van der Waals surface area contributed by atoms with Crippen molar-refractivity contribution >= 4 is 23.5 Å². The molecule has 6 rings (SSSR count). The summed E-state index contributed by atoms with van der Waals surface area (Å²) >= 11 is 0. The van der Waals surface area contributed by atoms with Crippen LogP contribution in [0.3, 0.4) is 0 Å². The minimum absolute atomic E-state index is 0.00373. The van der Waals surface area contributed by atoms with Crippen LogP contribution in [0.1, 0.15) is 50.2 Å². The van der Waals surface area contributed by atoms with Crippen LogP contribution in [0.5, 0.6) is 0 Å². The lowest BCUT2D eigenvalue weighted by Gasteiger charge is -2.18. The highest BCUT2D eigenvalue weighted by Crippen LogP contribution is 2.21. The Morgan fingerprint density at radius 2 is 0.919 bits per heavy atom. The first kappa shape index (κ1) is 46.4. The number of carbonyl (C=O) groups excluding carboxylic acids is 4. The number of ketones is 2. The summed E-state index contributed by atoms with van der Waals surface area (Å²) in [6, 6.07) is 30.0. The summed E-state index contributed by atoms with van der Waals surface area (Å²) in [5.41, 5.74) is 7.27. The molecule has 4 aromatic heterocycles. The van der Waals surface area contributed by atoms with Crippen molar-refractivity contribution in [1.82, 2.24) is 40.2 Å². The average Bonchev–Trinajstić information content (AvgIpc) is 3.91. The molecule has 4 heterocycles. The summed E-state index contributed by atoms with van der Waals surface area (Å²) in [6.45, 7) is 9.44. The largest absolute Gasteiger partial charge is 0.465 e. The summed E-state index contributed by atoms with van der Waals surface area (Å²) in [5, 5.41) is 15.4. The van der Waals surface area contributed by atoms with Crippen molar-refractivity contribution in [1.29, 1.82) is 0 Å². The molecule has 0 fully saturated rings. The molecule has 62 heavy (non-hydrogen) atoms. The minimum Gasteiger partial charge on any atom is -0.465 e. The predicted molar refractivity (Wildman–Crippen MR) is 237 cm³/mol. The van der Waals surface area contributed by atoms with Gasteiger partial charge < -0.3 is 9.47 Å². The van der Waals surface area contributed by atoms with Crippen LogP contribution in [-0.4, -0.2) is 91.4 Å². The first-order chi connectivity index (χ1) is 30.2. The highest BCUT2D eigenvalue weighted by molar-refractivity contribution is 5.88. The van der Waals surface area contributed by atoms with Crippen LogP contribution in [0.4, 0.5) is 0 Å². The molecule has 0 aliphatic heterocycles. The Bertz CT molecular complexity index is 2140. The maximum absolute atomic E-state index is 13.2. The van der Waals surface area contributed by atoms with Crippen molar-refractivity contribution in [2.24, 2.45) is 0 Å². The number of aryl methyl sites for hydroxylation is 2. The Morgan fingerprint density at radius 3 is 1.26 bits per heavy atom. The molecule has 0 amide bonds. The Kier molecular flexibility index (Phi) is 18.4. The van der Waals surface area contributed by atoms with Crippen molar-refractivity contribution in [3.63, 3.8) is 0 Å². The normalized spacial score (nSPS) is 11.8. The van der Waals surface area contributed by atoms with Crippen LogP contribution in [0.15, 0.2) is 122 Å². The van der Waals surface area contributed by atoms with Crippen LogP contribution < -0.4 is 10.6 Å². The van der Waals surface area contributed by atoms with Gasteiger partial charge in [-0.25, -0.2) is 0 Å². The fourth-order valence-corrected chi connectivity index (χ4v) is 6.81. The van der Waals surface area contributed by atoms with Crippen LogP contribution >= 0.6 is 0 Å². The number of rotatable bonds is 22. The van der Waals surface area contributed by atoms with E-state index in [0.717, 1.165) is 45.0 Å². The SMILES string of the molecule is CCOC(=O)CN[C@@H](Cc1ccccc1)C(=O)Cc1cc(-c2ccncc2)nn1CC.CCOC(=O)CN[C@@H](Cc1ccccc1)C(=O)Cc1cc(-c2ccncc2)nn1CC. The van der Waals surface area contributed by atoms with E-state index in [4.69, 9.17) is 9.47 Å². The third kappa shape index (κ3) is 14.2. The molecule has 2 aromatic carbocycles. The molecule has 14 heteroatoms. The Labute approximate surface area is 363 Å². The zero-order chi connectivity index (χ0) is 44.1. The number of aromatic nitrogens is 6. The molecule has 0 aliphatic carbocycles. The van der Waals surface area contributed by atoms with Crippen molar-refractivity contribution in [3.05, 3.63) is 144 Å². The van der Waals surface area contributed by atoms with Crippen molar-refractivity contribution in [2.75, 3.05) is 26.3 Å². The van der Waals surface area contributed by atoms with Crippen molar-refractivity contribution < 1.29 is 28.7 Å². The standard InChI is InChI=1S/2C24H28N4O3/c2*1-3-28-20(15-21(27-28)19-10-12-25-13-11-19)16-23(29)22(26-17-24(30)31-4-2)14-18-8-6-5-7-9-18/h2*5-13,15,22,26H,3-4,14,16-17H2,1-2H3/t2*22-/m00/s1. The highest BCUT2D eigenvalue weighted by Gasteiger charge is 2.24. The Hall–Kier alpha value is -6.64. The first-order valence-corrected chi connectivity index (χ1v) is 21.1. The van der Waals surface area contributed by atoms with E-state index >= 15 is 0 Å². The summed E-state index contributed by atoms with van der Waals surface area (Å²) in [5.74, 6) is -0.730. The fourth-order valence-electron chi connectivity index (χ4n) is 6.81.